The van der Waals surface area contributed by atoms with Gasteiger partial charge in [0.2, 0.25) is 10.0 Å². The molecule has 1 aromatic rings. The largest absolute Gasteiger partial charge is 0.468 e. The molecule has 0 saturated carbocycles. The monoisotopic (exact) mass is 366 g/mol. The number of rotatable bonds is 5. The van der Waals surface area contributed by atoms with Gasteiger partial charge in [0.05, 0.1) is 12.9 Å². The Morgan fingerprint density at radius 1 is 1.32 bits per heavy atom. The second-order valence-corrected chi connectivity index (χ2v) is 8.93. The quantitative estimate of drug-likeness (QED) is 0.734. The molecule has 0 amide bonds. The first-order chi connectivity index (χ1) is 11.9. The summed E-state index contributed by atoms with van der Waals surface area (Å²) in [4.78, 5) is 14.6. The predicted molar refractivity (Wildman–Crippen MR) is 95.6 cm³/mol. The molecule has 2 aliphatic heterocycles. The van der Waals surface area contributed by atoms with Crippen molar-refractivity contribution in [1.29, 1.82) is 0 Å². The van der Waals surface area contributed by atoms with E-state index in [1.165, 1.54) is 11.4 Å². The number of hydrogen-bond acceptors (Lipinski definition) is 5. The summed E-state index contributed by atoms with van der Waals surface area (Å²) in [5.74, 6) is -0.415. The van der Waals surface area contributed by atoms with Crippen molar-refractivity contribution in [2.45, 2.75) is 44.3 Å². The summed E-state index contributed by atoms with van der Waals surface area (Å²) in [6.07, 6.45) is 2.53. The SMILES string of the molecule is COC(=O)[C@H](Cc1ccccc1)N1C[C@@H](N2CCC[C@H]2C)CS1(=O)=O. The van der Waals surface area contributed by atoms with Crippen LogP contribution in [0.3, 0.4) is 0 Å². The van der Waals surface area contributed by atoms with Gasteiger partial charge in [-0.25, -0.2) is 8.42 Å². The molecule has 1 aromatic carbocycles. The highest BCUT2D eigenvalue weighted by Crippen LogP contribution is 2.28. The zero-order chi connectivity index (χ0) is 18.0. The van der Waals surface area contributed by atoms with Crippen LogP contribution in [0.2, 0.25) is 0 Å². The maximum absolute atomic E-state index is 12.8. The number of ether oxygens (including phenoxy) is 1. The van der Waals surface area contributed by atoms with E-state index in [2.05, 4.69) is 11.8 Å². The van der Waals surface area contributed by atoms with Gasteiger partial charge in [-0.3, -0.25) is 9.69 Å². The van der Waals surface area contributed by atoms with Crippen LogP contribution in [0.4, 0.5) is 0 Å². The Hall–Kier alpha value is -1.44. The average Bonchev–Trinajstić information content (AvgIpc) is 3.15. The molecule has 2 fully saturated rings. The fourth-order valence-corrected chi connectivity index (χ4v) is 5.93. The Morgan fingerprint density at radius 2 is 2.04 bits per heavy atom. The van der Waals surface area contributed by atoms with Crippen LogP contribution in [0.25, 0.3) is 0 Å². The highest BCUT2D eigenvalue weighted by molar-refractivity contribution is 7.89. The van der Waals surface area contributed by atoms with Gasteiger partial charge in [0.25, 0.3) is 0 Å². The third kappa shape index (κ3) is 3.88. The first kappa shape index (κ1) is 18.4. The molecular weight excluding hydrogens is 340 g/mol. The van der Waals surface area contributed by atoms with Gasteiger partial charge in [-0.15, -0.1) is 0 Å². The zero-order valence-electron chi connectivity index (χ0n) is 14.8. The van der Waals surface area contributed by atoms with E-state index in [1.807, 2.05) is 30.3 Å². The van der Waals surface area contributed by atoms with Crippen molar-refractivity contribution >= 4 is 16.0 Å². The first-order valence-electron chi connectivity index (χ1n) is 8.79. The zero-order valence-corrected chi connectivity index (χ0v) is 15.6. The smallest absolute Gasteiger partial charge is 0.324 e. The molecule has 138 valence electrons. The molecule has 25 heavy (non-hydrogen) atoms. The van der Waals surface area contributed by atoms with E-state index in [0.717, 1.165) is 24.9 Å². The van der Waals surface area contributed by atoms with Gasteiger partial charge in [-0.05, 0) is 38.3 Å². The maximum atomic E-state index is 12.8. The van der Waals surface area contributed by atoms with Gasteiger partial charge in [0, 0.05) is 18.6 Å². The number of carbonyl (C=O) groups is 1. The van der Waals surface area contributed by atoms with Crippen LogP contribution in [-0.4, -0.2) is 67.7 Å². The van der Waals surface area contributed by atoms with Crippen molar-refractivity contribution in [2.24, 2.45) is 0 Å². The van der Waals surface area contributed by atoms with Gasteiger partial charge >= 0.3 is 5.97 Å². The van der Waals surface area contributed by atoms with Gasteiger partial charge in [-0.1, -0.05) is 30.3 Å². The van der Waals surface area contributed by atoms with Gasteiger partial charge in [-0.2, -0.15) is 4.31 Å². The third-order valence-electron chi connectivity index (χ3n) is 5.32. The Labute approximate surface area is 149 Å². The summed E-state index contributed by atoms with van der Waals surface area (Å²) in [6.45, 7) is 3.43. The predicted octanol–water partition coefficient (Wildman–Crippen LogP) is 1.27. The number of carbonyl (C=O) groups excluding carboxylic acids is 1. The average molecular weight is 366 g/mol. The summed E-state index contributed by atoms with van der Waals surface area (Å²) in [6, 6.07) is 9.01. The van der Waals surface area contributed by atoms with Crippen LogP contribution < -0.4 is 0 Å². The molecule has 0 N–H and O–H groups in total. The van der Waals surface area contributed by atoms with Crippen molar-refractivity contribution in [3.8, 4) is 0 Å². The fraction of sp³-hybridized carbons (Fsp3) is 0.611. The summed E-state index contributed by atoms with van der Waals surface area (Å²) in [5.41, 5.74) is 0.922. The lowest BCUT2D eigenvalue weighted by Crippen LogP contribution is -2.46. The van der Waals surface area contributed by atoms with Crippen molar-refractivity contribution in [1.82, 2.24) is 9.21 Å². The van der Waals surface area contributed by atoms with Crippen molar-refractivity contribution in [3.63, 3.8) is 0 Å². The molecule has 2 saturated heterocycles. The number of benzene rings is 1. The second-order valence-electron chi connectivity index (χ2n) is 6.96. The molecule has 6 nitrogen and oxygen atoms in total. The highest BCUT2D eigenvalue weighted by Gasteiger charge is 2.46. The van der Waals surface area contributed by atoms with Crippen molar-refractivity contribution < 1.29 is 17.9 Å². The minimum atomic E-state index is -3.48. The van der Waals surface area contributed by atoms with Crippen LogP contribution in [0, 0.1) is 0 Å². The summed E-state index contributed by atoms with van der Waals surface area (Å²) in [5, 5.41) is 0. The van der Waals surface area contributed by atoms with Crippen molar-refractivity contribution in [3.05, 3.63) is 35.9 Å². The molecule has 3 atom stereocenters. The number of methoxy groups -OCH3 is 1. The molecule has 3 rings (SSSR count). The van der Waals surface area contributed by atoms with Crippen LogP contribution in [0.15, 0.2) is 30.3 Å². The van der Waals surface area contributed by atoms with Crippen LogP contribution in [0.1, 0.15) is 25.3 Å². The third-order valence-corrected chi connectivity index (χ3v) is 7.24. The number of sulfonamides is 1. The molecule has 0 radical (unpaired) electrons. The lowest BCUT2D eigenvalue weighted by atomic mass is 10.1. The van der Waals surface area contributed by atoms with Crippen LogP contribution in [-0.2, 0) is 26.0 Å². The van der Waals surface area contributed by atoms with E-state index in [1.54, 1.807) is 0 Å². The molecule has 0 bridgehead atoms. The molecule has 0 spiro atoms. The lowest BCUT2D eigenvalue weighted by molar-refractivity contribution is -0.145. The van der Waals surface area contributed by atoms with Gasteiger partial charge < -0.3 is 4.74 Å². The fourth-order valence-electron chi connectivity index (χ4n) is 4.01. The van der Waals surface area contributed by atoms with Gasteiger partial charge in [0.1, 0.15) is 6.04 Å². The molecule has 7 heteroatoms. The van der Waals surface area contributed by atoms with E-state index >= 15 is 0 Å². The van der Waals surface area contributed by atoms with E-state index < -0.39 is 22.0 Å². The minimum absolute atomic E-state index is 0.0505. The maximum Gasteiger partial charge on any atom is 0.324 e. The molecule has 2 heterocycles. The topological polar surface area (TPSA) is 66.9 Å². The molecular formula is C18H26N2O4S. The Bertz CT molecular complexity index is 707. The molecule has 0 aromatic heterocycles. The Morgan fingerprint density at radius 3 is 2.64 bits per heavy atom. The highest BCUT2D eigenvalue weighted by atomic mass is 32.2. The summed E-state index contributed by atoms with van der Waals surface area (Å²) >= 11 is 0. The number of esters is 1. The van der Waals surface area contributed by atoms with Crippen LogP contribution in [0.5, 0.6) is 0 Å². The summed E-state index contributed by atoms with van der Waals surface area (Å²) < 4.78 is 31.8. The normalized spacial score (nSPS) is 28.1. The van der Waals surface area contributed by atoms with E-state index in [0.29, 0.717) is 19.0 Å². The number of nitrogens with zero attached hydrogens (tertiary/aromatic N) is 2. The van der Waals surface area contributed by atoms with E-state index in [-0.39, 0.29) is 11.8 Å². The molecule has 0 aliphatic carbocycles. The number of hydrogen-bond donors (Lipinski definition) is 0. The first-order valence-corrected chi connectivity index (χ1v) is 10.4. The molecule has 2 aliphatic rings. The Kier molecular flexibility index (Phi) is 5.46. The van der Waals surface area contributed by atoms with Gasteiger partial charge in [0.15, 0.2) is 0 Å². The van der Waals surface area contributed by atoms with E-state index in [4.69, 9.17) is 4.74 Å². The van der Waals surface area contributed by atoms with E-state index in [9.17, 15) is 13.2 Å². The summed E-state index contributed by atoms with van der Waals surface area (Å²) in [7, 11) is -2.17. The van der Waals surface area contributed by atoms with Crippen molar-refractivity contribution in [2.75, 3.05) is 26.0 Å². The van der Waals surface area contributed by atoms with Crippen LogP contribution >= 0.6 is 0 Å². The standard InChI is InChI=1S/C18H26N2O4S/c1-14-7-6-10-19(14)16-12-20(25(22,23)13-16)17(18(21)24-2)11-15-8-4-3-5-9-15/h3-5,8-9,14,16-17H,6-7,10-13H2,1-2H3/t14-,16-,17+/m1/s1. The molecule has 0 unspecified atom stereocenters. The lowest BCUT2D eigenvalue weighted by Gasteiger charge is -2.28. The Balaban J connectivity index is 1.83. The number of likely N-dealkylation sites (tertiary alicyclic amines) is 1. The second kappa shape index (κ2) is 7.43. The minimum Gasteiger partial charge on any atom is -0.468 e.